The van der Waals surface area contributed by atoms with Gasteiger partial charge in [0.15, 0.2) is 0 Å². The lowest BCUT2D eigenvalue weighted by molar-refractivity contribution is 0.456. The van der Waals surface area contributed by atoms with Crippen molar-refractivity contribution in [2.75, 3.05) is 0 Å². The average Bonchev–Trinajstić information content (AvgIpc) is 2.66. The maximum atomic E-state index is 6.28. The molecule has 0 saturated carbocycles. The number of hydrogen-bond acceptors (Lipinski definition) is 2. The van der Waals surface area contributed by atoms with Crippen molar-refractivity contribution in [3.8, 4) is 22.6 Å². The van der Waals surface area contributed by atoms with Crippen molar-refractivity contribution in [1.82, 2.24) is 0 Å². The van der Waals surface area contributed by atoms with Gasteiger partial charge in [-0.1, -0.05) is 88.4 Å². The Balaban J connectivity index is 1.74. The largest absolute Gasteiger partial charge is 0.455 e. The number of halogens is 1. The van der Waals surface area contributed by atoms with Crippen LogP contribution in [0.2, 0.25) is 0 Å². The van der Waals surface area contributed by atoms with Gasteiger partial charge in [0, 0.05) is 10.0 Å². The van der Waals surface area contributed by atoms with E-state index in [4.69, 9.17) is 4.74 Å². The van der Waals surface area contributed by atoms with Crippen molar-refractivity contribution in [3.05, 3.63) is 83.3 Å². The molecule has 1 heterocycles. The summed E-state index contributed by atoms with van der Waals surface area (Å²) in [5.41, 5.74) is 2.38. The van der Waals surface area contributed by atoms with Crippen molar-refractivity contribution < 1.29 is 4.74 Å². The molecule has 1 aliphatic rings. The molecule has 120 valence electrons. The summed E-state index contributed by atoms with van der Waals surface area (Å²) >= 11 is 5.43. The van der Waals surface area contributed by atoms with E-state index >= 15 is 0 Å². The number of ether oxygens (including phenoxy) is 1. The van der Waals surface area contributed by atoms with Gasteiger partial charge in [0.25, 0.3) is 0 Å². The zero-order valence-corrected chi connectivity index (χ0v) is 15.6. The molecule has 0 aromatic heterocycles. The molecule has 0 spiro atoms. The quantitative estimate of drug-likeness (QED) is 0.285. The maximum Gasteiger partial charge on any atom is 0.143 e. The molecule has 0 N–H and O–H groups in total. The third-order valence-electron chi connectivity index (χ3n) is 4.37. The molecule has 0 saturated heterocycles. The first-order valence-corrected chi connectivity index (χ1v) is 9.67. The summed E-state index contributed by atoms with van der Waals surface area (Å²) in [5.74, 6) is 1.83. The van der Waals surface area contributed by atoms with Crippen LogP contribution < -0.4 is 4.74 Å². The summed E-state index contributed by atoms with van der Waals surface area (Å²) in [6.45, 7) is 0. The van der Waals surface area contributed by atoms with E-state index in [1.165, 1.54) is 31.7 Å². The first kappa shape index (κ1) is 15.1. The second kappa shape index (κ2) is 5.94. The molecule has 4 aromatic rings. The van der Waals surface area contributed by atoms with Crippen LogP contribution in [-0.4, -0.2) is 0 Å². The Bertz CT molecular complexity index is 1110. The van der Waals surface area contributed by atoms with Gasteiger partial charge in [0.05, 0.1) is 9.79 Å². The van der Waals surface area contributed by atoms with E-state index in [0.29, 0.717) is 0 Å². The third-order valence-corrected chi connectivity index (χ3v) is 6.08. The van der Waals surface area contributed by atoms with E-state index in [-0.39, 0.29) is 0 Å². The Morgan fingerprint density at radius 1 is 0.720 bits per heavy atom. The zero-order valence-electron chi connectivity index (χ0n) is 13.2. The SMILES string of the molecule is Brc1cc2c(c(-c3ccccc3)c1)Sc1c(ccc3ccccc13)O2. The summed E-state index contributed by atoms with van der Waals surface area (Å²) in [6.07, 6.45) is 0. The van der Waals surface area contributed by atoms with Gasteiger partial charge < -0.3 is 4.74 Å². The topological polar surface area (TPSA) is 9.23 Å². The molecule has 0 bridgehead atoms. The summed E-state index contributed by atoms with van der Waals surface area (Å²) < 4.78 is 7.30. The molecule has 1 nitrogen and oxygen atoms in total. The van der Waals surface area contributed by atoms with E-state index in [9.17, 15) is 0 Å². The number of benzene rings is 4. The van der Waals surface area contributed by atoms with Gasteiger partial charge in [-0.2, -0.15) is 0 Å². The Labute approximate surface area is 158 Å². The van der Waals surface area contributed by atoms with Crippen molar-refractivity contribution in [3.63, 3.8) is 0 Å². The van der Waals surface area contributed by atoms with E-state index < -0.39 is 0 Å². The predicted molar refractivity (Wildman–Crippen MR) is 108 cm³/mol. The van der Waals surface area contributed by atoms with Crippen LogP contribution in [-0.2, 0) is 0 Å². The highest BCUT2D eigenvalue weighted by atomic mass is 79.9. The molecular formula is C22H13BrOS. The van der Waals surface area contributed by atoms with Crippen molar-refractivity contribution in [2.24, 2.45) is 0 Å². The molecule has 0 aliphatic carbocycles. The molecule has 1 aliphatic heterocycles. The van der Waals surface area contributed by atoms with Gasteiger partial charge in [0.1, 0.15) is 11.5 Å². The van der Waals surface area contributed by atoms with Crippen LogP contribution in [0.4, 0.5) is 0 Å². The molecule has 0 radical (unpaired) electrons. The first-order valence-electron chi connectivity index (χ1n) is 8.06. The normalized spacial score (nSPS) is 12.4. The number of rotatable bonds is 1. The van der Waals surface area contributed by atoms with E-state index in [2.05, 4.69) is 82.7 Å². The van der Waals surface area contributed by atoms with Crippen LogP contribution in [0.15, 0.2) is 93.1 Å². The van der Waals surface area contributed by atoms with Gasteiger partial charge in [-0.25, -0.2) is 0 Å². The van der Waals surface area contributed by atoms with Crippen LogP contribution in [0.5, 0.6) is 11.5 Å². The molecule has 25 heavy (non-hydrogen) atoms. The number of hydrogen-bond donors (Lipinski definition) is 0. The van der Waals surface area contributed by atoms with Crippen LogP contribution >= 0.6 is 27.7 Å². The summed E-state index contributed by atoms with van der Waals surface area (Å²) in [6, 6.07) is 27.3. The van der Waals surface area contributed by atoms with Crippen molar-refractivity contribution >= 4 is 38.5 Å². The lowest BCUT2D eigenvalue weighted by Gasteiger charge is -2.23. The Morgan fingerprint density at radius 3 is 2.40 bits per heavy atom. The fourth-order valence-electron chi connectivity index (χ4n) is 3.21. The number of fused-ring (bicyclic) bond motifs is 4. The first-order chi connectivity index (χ1) is 12.3. The highest BCUT2D eigenvalue weighted by Gasteiger charge is 2.23. The average molecular weight is 405 g/mol. The van der Waals surface area contributed by atoms with Crippen LogP contribution in [0, 0.1) is 0 Å². The van der Waals surface area contributed by atoms with Gasteiger partial charge in [-0.3, -0.25) is 0 Å². The molecular weight excluding hydrogens is 392 g/mol. The highest BCUT2D eigenvalue weighted by Crippen LogP contribution is 2.53. The van der Waals surface area contributed by atoms with Gasteiger partial charge in [-0.05, 0) is 34.5 Å². The highest BCUT2D eigenvalue weighted by molar-refractivity contribution is 9.10. The van der Waals surface area contributed by atoms with Gasteiger partial charge in [0.2, 0.25) is 0 Å². The molecule has 4 aromatic carbocycles. The molecule has 3 heteroatoms. The minimum absolute atomic E-state index is 0.904. The van der Waals surface area contributed by atoms with E-state index in [1.807, 2.05) is 12.1 Å². The lowest BCUT2D eigenvalue weighted by Crippen LogP contribution is -1.98. The predicted octanol–water partition coefficient (Wildman–Crippen LogP) is 7.53. The van der Waals surface area contributed by atoms with Crippen molar-refractivity contribution in [2.45, 2.75) is 9.79 Å². The minimum atomic E-state index is 0.904. The fourth-order valence-corrected chi connectivity index (χ4v) is 4.85. The molecule has 0 unspecified atom stereocenters. The summed E-state index contributed by atoms with van der Waals surface area (Å²) in [4.78, 5) is 2.35. The van der Waals surface area contributed by atoms with Gasteiger partial charge >= 0.3 is 0 Å². The van der Waals surface area contributed by atoms with Crippen molar-refractivity contribution in [1.29, 1.82) is 0 Å². The molecule has 0 amide bonds. The van der Waals surface area contributed by atoms with Crippen LogP contribution in [0.3, 0.4) is 0 Å². The van der Waals surface area contributed by atoms with E-state index in [0.717, 1.165) is 16.0 Å². The molecule has 5 rings (SSSR count). The van der Waals surface area contributed by atoms with Gasteiger partial charge in [-0.15, -0.1) is 0 Å². The van der Waals surface area contributed by atoms with Crippen LogP contribution in [0.1, 0.15) is 0 Å². The van der Waals surface area contributed by atoms with Crippen LogP contribution in [0.25, 0.3) is 21.9 Å². The zero-order chi connectivity index (χ0) is 16.8. The fraction of sp³-hybridized carbons (Fsp3) is 0. The third kappa shape index (κ3) is 2.55. The second-order valence-corrected chi connectivity index (χ2v) is 7.90. The summed E-state index contributed by atoms with van der Waals surface area (Å²) in [7, 11) is 0. The second-order valence-electron chi connectivity index (χ2n) is 5.96. The summed E-state index contributed by atoms with van der Waals surface area (Å²) in [5, 5.41) is 2.47. The maximum absolute atomic E-state index is 6.28. The standard InChI is InChI=1S/C22H13BrOS/c23-16-12-18(14-6-2-1-3-7-14)22-20(13-16)24-19-11-10-15-8-4-5-9-17(15)21(19)25-22/h1-13H. The molecule has 0 atom stereocenters. The lowest BCUT2D eigenvalue weighted by atomic mass is 10.1. The Kier molecular flexibility index (Phi) is 3.58. The monoisotopic (exact) mass is 404 g/mol. The smallest absolute Gasteiger partial charge is 0.143 e. The van der Waals surface area contributed by atoms with E-state index in [1.54, 1.807) is 11.8 Å². The molecule has 0 fully saturated rings. The Morgan fingerprint density at radius 2 is 1.52 bits per heavy atom. The minimum Gasteiger partial charge on any atom is -0.455 e. The Hall–Kier alpha value is -2.23.